The summed E-state index contributed by atoms with van der Waals surface area (Å²) in [5.74, 6) is 2.21. The predicted molar refractivity (Wildman–Crippen MR) is 78.6 cm³/mol. The van der Waals surface area contributed by atoms with Crippen molar-refractivity contribution in [3.63, 3.8) is 0 Å². The molecule has 0 radical (unpaired) electrons. The van der Waals surface area contributed by atoms with E-state index in [0.29, 0.717) is 23.6 Å². The van der Waals surface area contributed by atoms with Crippen LogP contribution in [-0.4, -0.2) is 11.7 Å². The van der Waals surface area contributed by atoms with E-state index >= 15 is 0 Å². The molecule has 2 saturated carbocycles. The molecule has 1 amide bonds. The van der Waals surface area contributed by atoms with Crippen molar-refractivity contribution in [2.45, 2.75) is 39.0 Å². The lowest BCUT2D eigenvalue weighted by Crippen LogP contribution is -2.21. The minimum absolute atomic E-state index is 0.0131. The second kappa shape index (κ2) is 5.39. The number of para-hydroxylation sites is 1. The lowest BCUT2D eigenvalue weighted by molar-refractivity contribution is -0.117. The standard InChI is InChI=1S/C17H21NO2/c1-11(19)15-4-2-3-5-16(15)18-17(20)10-14-9-12-6-7-13(14)8-12/h2-5,12-14H,6-10H2,1H3,(H,18,20)/t12-,13-,14+/m0/s1. The Morgan fingerprint density at radius 2 is 2.00 bits per heavy atom. The van der Waals surface area contributed by atoms with Crippen LogP contribution in [0.25, 0.3) is 0 Å². The second-order valence-electron chi connectivity index (χ2n) is 6.29. The van der Waals surface area contributed by atoms with Crippen molar-refractivity contribution in [3.8, 4) is 0 Å². The van der Waals surface area contributed by atoms with Crippen LogP contribution in [0.1, 0.15) is 49.4 Å². The van der Waals surface area contributed by atoms with Crippen LogP contribution >= 0.6 is 0 Å². The first kappa shape index (κ1) is 13.3. The van der Waals surface area contributed by atoms with Crippen molar-refractivity contribution in [1.29, 1.82) is 0 Å². The van der Waals surface area contributed by atoms with Gasteiger partial charge in [-0.05, 0) is 56.1 Å². The van der Waals surface area contributed by atoms with Crippen LogP contribution < -0.4 is 5.32 Å². The number of Topliss-reactive ketones (excluding diaryl/α,β-unsaturated/α-hetero) is 1. The summed E-state index contributed by atoms with van der Waals surface area (Å²) in [5, 5.41) is 2.92. The summed E-state index contributed by atoms with van der Waals surface area (Å²) in [4.78, 5) is 23.7. The maximum atomic E-state index is 12.2. The van der Waals surface area contributed by atoms with E-state index in [0.717, 1.165) is 11.8 Å². The fourth-order valence-electron chi connectivity index (χ4n) is 3.96. The van der Waals surface area contributed by atoms with Gasteiger partial charge < -0.3 is 5.32 Å². The van der Waals surface area contributed by atoms with Crippen LogP contribution in [0.15, 0.2) is 24.3 Å². The Morgan fingerprint density at radius 1 is 1.20 bits per heavy atom. The number of anilines is 1. The van der Waals surface area contributed by atoms with Gasteiger partial charge in [-0.25, -0.2) is 0 Å². The molecule has 0 saturated heterocycles. The molecular formula is C17H21NO2. The lowest BCUT2D eigenvalue weighted by atomic mass is 9.86. The maximum absolute atomic E-state index is 12.2. The number of carbonyl (C=O) groups excluding carboxylic acids is 2. The largest absolute Gasteiger partial charge is 0.325 e. The summed E-state index contributed by atoms with van der Waals surface area (Å²) in [5.41, 5.74) is 1.24. The highest BCUT2D eigenvalue weighted by atomic mass is 16.1. The van der Waals surface area contributed by atoms with Crippen molar-refractivity contribution in [2.24, 2.45) is 17.8 Å². The molecule has 20 heavy (non-hydrogen) atoms. The van der Waals surface area contributed by atoms with E-state index < -0.39 is 0 Å². The van der Waals surface area contributed by atoms with E-state index in [4.69, 9.17) is 0 Å². The Balaban J connectivity index is 1.63. The summed E-state index contributed by atoms with van der Waals surface area (Å²) in [7, 11) is 0. The molecule has 0 heterocycles. The first-order chi connectivity index (χ1) is 9.63. The number of nitrogens with one attached hydrogen (secondary N) is 1. The van der Waals surface area contributed by atoms with Crippen molar-refractivity contribution >= 4 is 17.4 Å². The third-order valence-corrected chi connectivity index (χ3v) is 4.91. The molecule has 0 aromatic heterocycles. The van der Waals surface area contributed by atoms with Gasteiger partial charge in [-0.15, -0.1) is 0 Å². The van der Waals surface area contributed by atoms with Gasteiger partial charge in [0.2, 0.25) is 5.91 Å². The number of amides is 1. The molecule has 2 aliphatic rings. The predicted octanol–water partition coefficient (Wildman–Crippen LogP) is 3.65. The third kappa shape index (κ3) is 2.62. The average Bonchev–Trinajstić information content (AvgIpc) is 3.01. The zero-order valence-corrected chi connectivity index (χ0v) is 11.9. The Bertz CT molecular complexity index is 538. The van der Waals surface area contributed by atoms with Crippen LogP contribution in [0.5, 0.6) is 0 Å². The Hall–Kier alpha value is -1.64. The zero-order chi connectivity index (χ0) is 14.1. The fourth-order valence-corrected chi connectivity index (χ4v) is 3.96. The number of hydrogen-bond acceptors (Lipinski definition) is 2. The molecule has 3 atom stereocenters. The van der Waals surface area contributed by atoms with Gasteiger partial charge in [0, 0.05) is 12.0 Å². The van der Waals surface area contributed by atoms with Gasteiger partial charge in [0.1, 0.15) is 0 Å². The second-order valence-corrected chi connectivity index (χ2v) is 6.29. The topological polar surface area (TPSA) is 46.2 Å². The first-order valence-electron chi connectivity index (χ1n) is 7.53. The molecule has 1 aromatic rings. The molecule has 106 valence electrons. The monoisotopic (exact) mass is 271 g/mol. The number of hydrogen-bond donors (Lipinski definition) is 1. The van der Waals surface area contributed by atoms with Crippen LogP contribution in [0, 0.1) is 17.8 Å². The normalized spacial score (nSPS) is 27.6. The van der Waals surface area contributed by atoms with Crippen molar-refractivity contribution < 1.29 is 9.59 Å². The molecule has 1 N–H and O–H groups in total. The molecule has 3 rings (SSSR count). The highest BCUT2D eigenvalue weighted by Crippen LogP contribution is 2.49. The molecule has 2 aliphatic carbocycles. The van der Waals surface area contributed by atoms with Crippen LogP contribution in [-0.2, 0) is 4.79 Å². The molecule has 0 spiro atoms. The number of rotatable bonds is 4. The lowest BCUT2D eigenvalue weighted by Gasteiger charge is -2.21. The summed E-state index contributed by atoms with van der Waals surface area (Å²) in [6, 6.07) is 7.23. The Kier molecular flexibility index (Phi) is 3.60. The Morgan fingerprint density at radius 3 is 2.65 bits per heavy atom. The first-order valence-corrected chi connectivity index (χ1v) is 7.53. The fraction of sp³-hybridized carbons (Fsp3) is 0.529. The van der Waals surface area contributed by atoms with Gasteiger partial charge in [-0.3, -0.25) is 9.59 Å². The average molecular weight is 271 g/mol. The molecule has 3 heteroatoms. The van der Waals surface area contributed by atoms with Gasteiger partial charge >= 0.3 is 0 Å². The molecule has 2 bridgehead atoms. The van der Waals surface area contributed by atoms with Gasteiger partial charge in [-0.2, -0.15) is 0 Å². The highest BCUT2D eigenvalue weighted by Gasteiger charge is 2.40. The summed E-state index contributed by atoms with van der Waals surface area (Å²) in [6.45, 7) is 1.53. The van der Waals surface area contributed by atoms with Crippen LogP contribution in [0.4, 0.5) is 5.69 Å². The number of benzene rings is 1. The highest BCUT2D eigenvalue weighted by molar-refractivity contribution is 6.03. The van der Waals surface area contributed by atoms with E-state index in [2.05, 4.69) is 5.32 Å². The quantitative estimate of drug-likeness (QED) is 0.850. The van der Waals surface area contributed by atoms with Crippen LogP contribution in [0.2, 0.25) is 0 Å². The Labute approximate surface area is 119 Å². The van der Waals surface area contributed by atoms with Crippen LogP contribution in [0.3, 0.4) is 0 Å². The number of fused-ring (bicyclic) bond motifs is 2. The van der Waals surface area contributed by atoms with E-state index in [-0.39, 0.29) is 11.7 Å². The van der Waals surface area contributed by atoms with Crippen molar-refractivity contribution in [3.05, 3.63) is 29.8 Å². The number of carbonyl (C=O) groups is 2. The minimum Gasteiger partial charge on any atom is -0.325 e. The molecule has 2 fully saturated rings. The minimum atomic E-state index is -0.0131. The van der Waals surface area contributed by atoms with Gasteiger partial charge in [-0.1, -0.05) is 18.6 Å². The van der Waals surface area contributed by atoms with E-state index in [9.17, 15) is 9.59 Å². The smallest absolute Gasteiger partial charge is 0.224 e. The molecule has 0 aliphatic heterocycles. The molecule has 3 nitrogen and oxygen atoms in total. The summed E-state index contributed by atoms with van der Waals surface area (Å²) >= 11 is 0. The van der Waals surface area contributed by atoms with Crippen molar-refractivity contribution in [2.75, 3.05) is 5.32 Å². The molecule has 0 unspecified atom stereocenters. The molecule has 1 aromatic carbocycles. The van der Waals surface area contributed by atoms with E-state index in [1.807, 2.05) is 12.1 Å². The summed E-state index contributed by atoms with van der Waals surface area (Å²) < 4.78 is 0. The molecular weight excluding hydrogens is 250 g/mol. The number of ketones is 1. The van der Waals surface area contributed by atoms with E-state index in [1.54, 1.807) is 12.1 Å². The third-order valence-electron chi connectivity index (χ3n) is 4.91. The zero-order valence-electron chi connectivity index (χ0n) is 11.9. The summed E-state index contributed by atoms with van der Waals surface area (Å²) in [6.07, 6.45) is 5.80. The SMILES string of the molecule is CC(=O)c1ccccc1NC(=O)C[C@H]1C[C@H]2CC[C@H]1C2. The van der Waals surface area contributed by atoms with Gasteiger partial charge in [0.25, 0.3) is 0 Å². The maximum Gasteiger partial charge on any atom is 0.224 e. The van der Waals surface area contributed by atoms with Gasteiger partial charge in [0.15, 0.2) is 5.78 Å². The van der Waals surface area contributed by atoms with Gasteiger partial charge in [0.05, 0.1) is 5.69 Å². The van der Waals surface area contributed by atoms with E-state index in [1.165, 1.54) is 32.6 Å². The van der Waals surface area contributed by atoms with Crippen molar-refractivity contribution in [1.82, 2.24) is 0 Å².